The Bertz CT molecular complexity index is 776. The van der Waals surface area contributed by atoms with Gasteiger partial charge in [0.25, 0.3) is 0 Å². The molecule has 1 N–H and O–H groups in total. The van der Waals surface area contributed by atoms with Gasteiger partial charge in [0, 0.05) is 22.7 Å². The van der Waals surface area contributed by atoms with Crippen LogP contribution in [-0.2, 0) is 0 Å². The number of thioether (sulfide) groups is 1. The van der Waals surface area contributed by atoms with Crippen molar-refractivity contribution < 1.29 is 9.18 Å². The molecule has 1 saturated carbocycles. The number of urea groups is 1. The Kier molecular flexibility index (Phi) is 4.80. The van der Waals surface area contributed by atoms with E-state index in [4.69, 9.17) is 0 Å². The molecule has 2 heterocycles. The number of likely N-dealkylation sites (tertiary alicyclic amines) is 1. The number of aromatic nitrogens is 2. The van der Waals surface area contributed by atoms with Crippen LogP contribution in [0.15, 0.2) is 47.6 Å². The van der Waals surface area contributed by atoms with E-state index in [9.17, 15) is 9.18 Å². The molecule has 1 aliphatic carbocycles. The van der Waals surface area contributed by atoms with Gasteiger partial charge >= 0.3 is 6.03 Å². The van der Waals surface area contributed by atoms with Crippen LogP contribution in [0.1, 0.15) is 25.7 Å². The van der Waals surface area contributed by atoms with Gasteiger partial charge < -0.3 is 10.2 Å². The molecule has 0 bridgehead atoms. The first-order valence-electron chi connectivity index (χ1n) is 8.92. The summed E-state index contributed by atoms with van der Waals surface area (Å²) in [6, 6.07) is 8.51. The predicted molar refractivity (Wildman–Crippen MR) is 99.6 cm³/mol. The maximum atomic E-state index is 13.5. The van der Waals surface area contributed by atoms with Crippen LogP contribution in [0.5, 0.6) is 0 Å². The van der Waals surface area contributed by atoms with E-state index >= 15 is 0 Å². The molecule has 26 heavy (non-hydrogen) atoms. The first kappa shape index (κ1) is 17.3. The van der Waals surface area contributed by atoms with Gasteiger partial charge in [0.05, 0.1) is 18.1 Å². The Labute approximate surface area is 156 Å². The van der Waals surface area contributed by atoms with Crippen LogP contribution in [-0.4, -0.2) is 39.0 Å². The van der Waals surface area contributed by atoms with Crippen LogP contribution in [0.2, 0.25) is 0 Å². The van der Waals surface area contributed by atoms with Crippen molar-refractivity contribution >= 4 is 23.5 Å². The van der Waals surface area contributed by atoms with Gasteiger partial charge in [-0.15, -0.1) is 11.8 Å². The van der Waals surface area contributed by atoms with Crippen LogP contribution in [0.4, 0.5) is 14.9 Å². The Morgan fingerprint density at radius 1 is 1.23 bits per heavy atom. The summed E-state index contributed by atoms with van der Waals surface area (Å²) in [5.41, 5.74) is 0.660. The molecule has 0 unspecified atom stereocenters. The van der Waals surface area contributed by atoms with Crippen LogP contribution in [0, 0.1) is 11.7 Å². The topological polar surface area (TPSA) is 58.1 Å². The molecular weight excluding hydrogens is 351 g/mol. The fourth-order valence-corrected chi connectivity index (χ4v) is 5.15. The van der Waals surface area contributed by atoms with Gasteiger partial charge in [-0.25, -0.2) is 9.18 Å². The maximum Gasteiger partial charge on any atom is 0.321 e. The van der Waals surface area contributed by atoms with Gasteiger partial charge in [-0.2, -0.15) is 10.2 Å². The predicted octanol–water partition coefficient (Wildman–Crippen LogP) is 4.18. The highest BCUT2D eigenvalue weighted by atomic mass is 32.2. The minimum atomic E-state index is -0.178. The van der Waals surface area contributed by atoms with Gasteiger partial charge in [-0.1, -0.05) is 6.07 Å². The fourth-order valence-electron chi connectivity index (χ4n) is 3.66. The van der Waals surface area contributed by atoms with E-state index in [0.29, 0.717) is 11.6 Å². The highest BCUT2D eigenvalue weighted by Crippen LogP contribution is 2.59. The van der Waals surface area contributed by atoms with Gasteiger partial charge in [0.2, 0.25) is 0 Å². The molecule has 0 radical (unpaired) electrons. The number of amides is 2. The van der Waals surface area contributed by atoms with Crippen molar-refractivity contribution in [2.45, 2.75) is 35.3 Å². The number of halogens is 1. The smallest absolute Gasteiger partial charge is 0.321 e. The van der Waals surface area contributed by atoms with Crippen LogP contribution < -0.4 is 5.32 Å². The second-order valence-electron chi connectivity index (χ2n) is 6.95. The molecule has 2 fully saturated rings. The summed E-state index contributed by atoms with van der Waals surface area (Å²) < 4.78 is 13.7. The molecule has 2 aliphatic rings. The summed E-state index contributed by atoms with van der Waals surface area (Å²) in [7, 11) is 0. The molecule has 136 valence electrons. The van der Waals surface area contributed by atoms with Gasteiger partial charge in [-0.3, -0.25) is 0 Å². The van der Waals surface area contributed by atoms with E-state index in [-0.39, 0.29) is 16.6 Å². The quantitative estimate of drug-likeness (QED) is 0.874. The molecule has 2 aromatic rings. The van der Waals surface area contributed by atoms with Gasteiger partial charge in [0.1, 0.15) is 5.82 Å². The summed E-state index contributed by atoms with van der Waals surface area (Å²) in [6.07, 6.45) is 7.43. The molecule has 0 spiro atoms. The highest BCUT2D eigenvalue weighted by molar-refractivity contribution is 8.01. The van der Waals surface area contributed by atoms with E-state index in [2.05, 4.69) is 15.5 Å². The average Bonchev–Trinajstić information content (AvgIpc) is 3.43. The third-order valence-electron chi connectivity index (χ3n) is 5.22. The second kappa shape index (κ2) is 7.23. The molecule has 1 aromatic carbocycles. The fraction of sp³-hybridized carbons (Fsp3) is 0.421. The van der Waals surface area contributed by atoms with Gasteiger partial charge in [-0.05, 0) is 55.9 Å². The van der Waals surface area contributed by atoms with Crippen molar-refractivity contribution in [3.05, 3.63) is 48.5 Å². The Morgan fingerprint density at radius 3 is 2.69 bits per heavy atom. The van der Waals surface area contributed by atoms with E-state index in [1.807, 2.05) is 22.7 Å². The van der Waals surface area contributed by atoms with Crippen LogP contribution in [0.3, 0.4) is 0 Å². The summed E-state index contributed by atoms with van der Waals surface area (Å²) >= 11 is 1.82. The maximum absolute atomic E-state index is 13.5. The first-order chi connectivity index (χ1) is 12.6. The number of hydrogen-bond donors (Lipinski definition) is 1. The summed E-state index contributed by atoms with van der Waals surface area (Å²) in [6.45, 7) is 1.50. The Balaban J connectivity index is 1.32. The Hall–Kier alpha value is -2.15. The molecule has 2 amide bonds. The number of benzene rings is 1. The number of piperidine rings is 1. The van der Waals surface area contributed by atoms with Crippen LogP contribution in [0.25, 0.3) is 0 Å². The van der Waals surface area contributed by atoms with Crippen molar-refractivity contribution in [1.82, 2.24) is 15.1 Å². The summed E-state index contributed by atoms with van der Waals surface area (Å²) in [4.78, 5) is 15.3. The molecule has 1 saturated heterocycles. The number of nitrogens with one attached hydrogen (secondary N) is 1. The number of rotatable bonds is 4. The minimum absolute atomic E-state index is 0.0842. The molecular formula is C19H21FN4OS. The normalized spacial score (nSPS) is 19.2. The second-order valence-corrected chi connectivity index (χ2v) is 8.44. The molecule has 1 aliphatic heterocycles. The lowest BCUT2D eigenvalue weighted by Crippen LogP contribution is -2.43. The van der Waals surface area contributed by atoms with E-state index in [1.165, 1.54) is 18.9 Å². The molecule has 7 heteroatoms. The van der Waals surface area contributed by atoms with Gasteiger partial charge in [0.15, 0.2) is 0 Å². The lowest BCUT2D eigenvalue weighted by atomic mass is 9.91. The summed E-state index contributed by atoms with van der Waals surface area (Å²) in [5.74, 6) is 0.394. The number of carbonyl (C=O) groups is 1. The van der Waals surface area contributed by atoms with Crippen molar-refractivity contribution in [3.8, 4) is 0 Å². The number of anilines is 1. The standard InChI is InChI=1S/C19H21FN4OS/c20-15-2-1-3-17(12-15)26-19(7-8-19)14-5-10-24(11-6-14)18(25)23-16-4-9-21-22-13-16/h1-4,9,12-14H,5-8,10-11H2,(H,21,23,25). The SMILES string of the molecule is O=C(Nc1ccnnc1)N1CCC(C2(Sc3cccc(F)c3)CC2)CC1. The van der Waals surface area contributed by atoms with Crippen molar-refractivity contribution in [1.29, 1.82) is 0 Å². The zero-order valence-corrected chi connectivity index (χ0v) is 15.2. The number of nitrogens with zero attached hydrogens (tertiary/aromatic N) is 3. The minimum Gasteiger partial charge on any atom is -0.325 e. The van der Waals surface area contributed by atoms with E-state index < -0.39 is 0 Å². The van der Waals surface area contributed by atoms with E-state index in [0.717, 1.165) is 30.8 Å². The van der Waals surface area contributed by atoms with Crippen molar-refractivity contribution in [2.75, 3.05) is 18.4 Å². The lowest BCUT2D eigenvalue weighted by Gasteiger charge is -2.36. The monoisotopic (exact) mass is 372 g/mol. The zero-order chi connectivity index (χ0) is 18.0. The van der Waals surface area contributed by atoms with E-state index in [1.54, 1.807) is 30.6 Å². The van der Waals surface area contributed by atoms with Crippen molar-refractivity contribution in [2.24, 2.45) is 5.92 Å². The van der Waals surface area contributed by atoms with Crippen molar-refractivity contribution in [3.63, 3.8) is 0 Å². The first-order valence-corrected chi connectivity index (χ1v) is 9.73. The third-order valence-corrected chi connectivity index (χ3v) is 6.86. The Morgan fingerprint density at radius 2 is 2.04 bits per heavy atom. The largest absolute Gasteiger partial charge is 0.325 e. The molecule has 5 nitrogen and oxygen atoms in total. The molecule has 0 atom stereocenters. The zero-order valence-electron chi connectivity index (χ0n) is 14.4. The highest BCUT2D eigenvalue weighted by Gasteiger charge is 2.50. The average molecular weight is 372 g/mol. The van der Waals surface area contributed by atoms with Crippen LogP contribution >= 0.6 is 11.8 Å². The lowest BCUT2D eigenvalue weighted by molar-refractivity contribution is 0.180. The summed E-state index contributed by atoms with van der Waals surface area (Å²) in [5, 5.41) is 10.3. The molecule has 1 aromatic heterocycles. The molecule has 4 rings (SSSR count). The third kappa shape index (κ3) is 3.82. The number of carbonyl (C=O) groups excluding carboxylic acids is 1. The number of hydrogen-bond acceptors (Lipinski definition) is 4.